The SMILES string of the molecule is C/C=C/CCNC(=O)/C=C/c1cccc(Cl)c1. The molecule has 1 aromatic carbocycles. The average molecular weight is 250 g/mol. The summed E-state index contributed by atoms with van der Waals surface area (Å²) < 4.78 is 0. The monoisotopic (exact) mass is 249 g/mol. The van der Waals surface area contributed by atoms with E-state index in [1.807, 2.05) is 37.3 Å². The van der Waals surface area contributed by atoms with Gasteiger partial charge in [0.1, 0.15) is 0 Å². The molecule has 0 fully saturated rings. The molecule has 0 aliphatic carbocycles. The van der Waals surface area contributed by atoms with Crippen LogP contribution in [0.1, 0.15) is 18.9 Å². The van der Waals surface area contributed by atoms with E-state index < -0.39 is 0 Å². The van der Waals surface area contributed by atoms with Crippen LogP contribution >= 0.6 is 11.6 Å². The van der Waals surface area contributed by atoms with E-state index in [0.29, 0.717) is 11.6 Å². The second-order valence-corrected chi connectivity index (χ2v) is 3.97. The summed E-state index contributed by atoms with van der Waals surface area (Å²) in [5, 5.41) is 3.46. The molecule has 3 heteroatoms. The van der Waals surface area contributed by atoms with Crippen molar-refractivity contribution in [3.63, 3.8) is 0 Å². The Labute approximate surface area is 107 Å². The molecule has 0 aromatic heterocycles. The van der Waals surface area contributed by atoms with Crippen LogP contribution in [-0.4, -0.2) is 12.5 Å². The summed E-state index contributed by atoms with van der Waals surface area (Å²) in [6.07, 6.45) is 8.10. The van der Waals surface area contributed by atoms with Gasteiger partial charge in [0.25, 0.3) is 0 Å². The first kappa shape index (κ1) is 13.5. The van der Waals surface area contributed by atoms with Crippen molar-refractivity contribution in [2.75, 3.05) is 6.54 Å². The Bertz CT molecular complexity index is 424. The predicted octanol–water partition coefficient (Wildman–Crippen LogP) is 3.44. The number of amides is 1. The third-order valence-corrected chi connectivity index (χ3v) is 2.36. The van der Waals surface area contributed by atoms with Crippen molar-refractivity contribution in [2.24, 2.45) is 0 Å². The molecule has 0 spiro atoms. The van der Waals surface area contributed by atoms with Gasteiger partial charge in [0, 0.05) is 17.6 Å². The Hall–Kier alpha value is -1.54. The highest BCUT2D eigenvalue weighted by Gasteiger charge is 1.94. The smallest absolute Gasteiger partial charge is 0.244 e. The van der Waals surface area contributed by atoms with Crippen LogP contribution in [0.25, 0.3) is 6.08 Å². The van der Waals surface area contributed by atoms with Gasteiger partial charge in [-0.15, -0.1) is 0 Å². The van der Waals surface area contributed by atoms with Crippen LogP contribution in [0.4, 0.5) is 0 Å². The molecule has 0 atom stereocenters. The molecular weight excluding hydrogens is 234 g/mol. The molecule has 0 bridgehead atoms. The summed E-state index contributed by atoms with van der Waals surface area (Å²) >= 11 is 5.84. The molecule has 0 saturated carbocycles. The van der Waals surface area contributed by atoms with Crippen molar-refractivity contribution in [3.8, 4) is 0 Å². The lowest BCUT2D eigenvalue weighted by molar-refractivity contribution is -0.116. The fourth-order valence-corrected chi connectivity index (χ4v) is 1.49. The summed E-state index contributed by atoms with van der Waals surface area (Å²) in [6, 6.07) is 7.36. The quantitative estimate of drug-likeness (QED) is 0.484. The summed E-state index contributed by atoms with van der Waals surface area (Å²) in [7, 11) is 0. The Balaban J connectivity index is 2.40. The largest absolute Gasteiger partial charge is 0.352 e. The van der Waals surface area contributed by atoms with Gasteiger partial charge in [-0.3, -0.25) is 4.79 Å². The van der Waals surface area contributed by atoms with Crippen LogP contribution in [0.3, 0.4) is 0 Å². The van der Waals surface area contributed by atoms with Gasteiger partial charge in [-0.2, -0.15) is 0 Å². The molecule has 17 heavy (non-hydrogen) atoms. The third-order valence-electron chi connectivity index (χ3n) is 2.12. The van der Waals surface area contributed by atoms with Crippen LogP contribution in [0.2, 0.25) is 5.02 Å². The zero-order valence-corrected chi connectivity index (χ0v) is 10.6. The van der Waals surface area contributed by atoms with E-state index in [-0.39, 0.29) is 5.91 Å². The van der Waals surface area contributed by atoms with Crippen molar-refractivity contribution >= 4 is 23.6 Å². The lowest BCUT2D eigenvalue weighted by Gasteiger charge is -1.98. The molecule has 90 valence electrons. The van der Waals surface area contributed by atoms with Crippen LogP contribution in [0.15, 0.2) is 42.5 Å². The maximum Gasteiger partial charge on any atom is 0.244 e. The highest BCUT2D eigenvalue weighted by molar-refractivity contribution is 6.30. The van der Waals surface area contributed by atoms with Crippen LogP contribution in [0, 0.1) is 0 Å². The molecule has 1 aromatic rings. The van der Waals surface area contributed by atoms with E-state index in [2.05, 4.69) is 5.32 Å². The molecule has 0 aliphatic rings. The second-order valence-electron chi connectivity index (χ2n) is 3.54. The zero-order valence-electron chi connectivity index (χ0n) is 9.82. The molecule has 1 amide bonds. The van der Waals surface area contributed by atoms with E-state index >= 15 is 0 Å². The van der Waals surface area contributed by atoms with Crippen molar-refractivity contribution in [1.82, 2.24) is 5.32 Å². The fraction of sp³-hybridized carbons (Fsp3) is 0.214. The van der Waals surface area contributed by atoms with Gasteiger partial charge in [0.15, 0.2) is 0 Å². The Morgan fingerprint density at radius 2 is 2.29 bits per heavy atom. The maximum absolute atomic E-state index is 11.4. The summed E-state index contributed by atoms with van der Waals surface area (Å²) in [4.78, 5) is 11.4. The number of rotatable bonds is 5. The number of hydrogen-bond acceptors (Lipinski definition) is 1. The van der Waals surface area contributed by atoms with Crippen LogP contribution in [0.5, 0.6) is 0 Å². The van der Waals surface area contributed by atoms with Gasteiger partial charge in [-0.25, -0.2) is 0 Å². The summed E-state index contributed by atoms with van der Waals surface area (Å²) in [5.41, 5.74) is 0.918. The molecule has 2 nitrogen and oxygen atoms in total. The average Bonchev–Trinajstić information content (AvgIpc) is 2.32. The summed E-state index contributed by atoms with van der Waals surface area (Å²) in [5.74, 6) is -0.0884. The lowest BCUT2D eigenvalue weighted by atomic mass is 10.2. The Morgan fingerprint density at radius 3 is 3.00 bits per heavy atom. The van der Waals surface area contributed by atoms with Gasteiger partial charge in [0.05, 0.1) is 0 Å². The molecule has 1 N–H and O–H groups in total. The standard InChI is InChI=1S/C14H16ClNO/c1-2-3-4-10-16-14(17)9-8-12-6-5-7-13(15)11-12/h2-3,5-9,11H,4,10H2,1H3,(H,16,17)/b3-2+,9-8+. The fourth-order valence-electron chi connectivity index (χ4n) is 1.29. The maximum atomic E-state index is 11.4. The third kappa shape index (κ3) is 5.93. The normalized spacial score (nSPS) is 11.2. The van der Waals surface area contributed by atoms with E-state index in [4.69, 9.17) is 11.6 Å². The first-order valence-electron chi connectivity index (χ1n) is 5.55. The first-order valence-corrected chi connectivity index (χ1v) is 5.93. The summed E-state index contributed by atoms with van der Waals surface area (Å²) in [6.45, 7) is 2.62. The van der Waals surface area contributed by atoms with Gasteiger partial charge < -0.3 is 5.32 Å². The van der Waals surface area contributed by atoms with Gasteiger partial charge in [0.2, 0.25) is 5.91 Å². The number of halogens is 1. The van der Waals surface area contributed by atoms with E-state index in [1.54, 1.807) is 12.1 Å². The predicted molar refractivity (Wildman–Crippen MR) is 72.9 cm³/mol. The number of nitrogens with one attached hydrogen (secondary N) is 1. The highest BCUT2D eigenvalue weighted by Crippen LogP contribution is 2.11. The van der Waals surface area contributed by atoms with Crippen molar-refractivity contribution in [3.05, 3.63) is 53.1 Å². The van der Waals surface area contributed by atoms with E-state index in [9.17, 15) is 4.79 Å². The van der Waals surface area contributed by atoms with Gasteiger partial charge in [-0.1, -0.05) is 35.9 Å². The van der Waals surface area contributed by atoms with Crippen molar-refractivity contribution in [2.45, 2.75) is 13.3 Å². The van der Waals surface area contributed by atoms with Gasteiger partial charge >= 0.3 is 0 Å². The zero-order chi connectivity index (χ0) is 12.5. The minimum Gasteiger partial charge on any atom is -0.352 e. The van der Waals surface area contributed by atoms with E-state index in [1.165, 1.54) is 6.08 Å². The Kier molecular flexibility index (Phi) is 6.12. The van der Waals surface area contributed by atoms with Gasteiger partial charge in [-0.05, 0) is 37.1 Å². The number of benzene rings is 1. The molecule has 0 radical (unpaired) electrons. The minimum absolute atomic E-state index is 0.0884. The molecule has 0 aliphatic heterocycles. The number of hydrogen-bond donors (Lipinski definition) is 1. The van der Waals surface area contributed by atoms with Crippen LogP contribution in [-0.2, 0) is 4.79 Å². The lowest BCUT2D eigenvalue weighted by Crippen LogP contribution is -2.21. The molecular formula is C14H16ClNO. The molecule has 0 saturated heterocycles. The van der Waals surface area contributed by atoms with E-state index in [0.717, 1.165) is 12.0 Å². The molecule has 0 heterocycles. The Morgan fingerprint density at radius 1 is 1.47 bits per heavy atom. The first-order chi connectivity index (χ1) is 8.22. The number of allylic oxidation sites excluding steroid dienone is 1. The topological polar surface area (TPSA) is 29.1 Å². The van der Waals surface area contributed by atoms with Crippen molar-refractivity contribution < 1.29 is 4.79 Å². The number of carbonyl (C=O) groups is 1. The number of carbonyl (C=O) groups excluding carboxylic acids is 1. The van der Waals surface area contributed by atoms with Crippen molar-refractivity contribution in [1.29, 1.82) is 0 Å². The molecule has 1 rings (SSSR count). The second kappa shape index (κ2) is 7.69. The molecule has 0 unspecified atom stereocenters. The minimum atomic E-state index is -0.0884. The highest BCUT2D eigenvalue weighted by atomic mass is 35.5. The van der Waals surface area contributed by atoms with Crippen LogP contribution < -0.4 is 5.32 Å².